The Morgan fingerprint density at radius 3 is 2.09 bits per heavy atom. The number of rotatable bonds is 2. The third kappa shape index (κ3) is 3.10. The molecule has 3 heteroatoms. The summed E-state index contributed by atoms with van der Waals surface area (Å²) in [5.74, 6) is 0. The molecule has 0 aromatic heterocycles. The molecule has 3 rings (SSSR count). The van der Waals surface area contributed by atoms with Gasteiger partial charge in [-0.3, -0.25) is 0 Å². The predicted molar refractivity (Wildman–Crippen MR) is 87.7 cm³/mol. The first-order valence-corrected chi connectivity index (χ1v) is 10.4. The molecule has 1 atom stereocenters. The fourth-order valence-corrected chi connectivity index (χ4v) is 8.54. The molecule has 1 unspecified atom stereocenters. The molecule has 1 aromatic carbocycles. The molecule has 0 aliphatic heterocycles. The molecule has 0 N–H and O–H groups in total. The SMILES string of the molecule is CC1=Cc2ccccc2[CH]1[Zr+2][C]1=C(C)C(C)=C(C)C1(C)C.[F-].[F-]. The number of hydrogen-bond acceptors (Lipinski definition) is 0. The molecule has 2 aliphatic rings. The first-order chi connectivity index (χ1) is 9.84. The second kappa shape index (κ2) is 6.97. The maximum atomic E-state index is 2.43. The Labute approximate surface area is 150 Å². The molecule has 0 saturated carbocycles. The van der Waals surface area contributed by atoms with Crippen molar-refractivity contribution in [3.63, 3.8) is 0 Å². The van der Waals surface area contributed by atoms with Gasteiger partial charge < -0.3 is 9.41 Å². The van der Waals surface area contributed by atoms with E-state index in [-0.39, 0.29) is 14.8 Å². The van der Waals surface area contributed by atoms with E-state index in [2.05, 4.69) is 71.9 Å². The van der Waals surface area contributed by atoms with Crippen molar-refractivity contribution >= 4 is 6.08 Å². The van der Waals surface area contributed by atoms with Gasteiger partial charge in [-0.15, -0.1) is 0 Å². The summed E-state index contributed by atoms with van der Waals surface area (Å²) in [5.41, 5.74) is 9.64. The second-order valence-corrected chi connectivity index (χ2v) is 10.3. The van der Waals surface area contributed by atoms with E-state index in [1.165, 1.54) is 5.56 Å². The summed E-state index contributed by atoms with van der Waals surface area (Å²) in [6.45, 7) is 14.2. The van der Waals surface area contributed by atoms with Crippen molar-refractivity contribution in [1.82, 2.24) is 0 Å². The van der Waals surface area contributed by atoms with Crippen LogP contribution in [0, 0.1) is 5.41 Å². The monoisotopic (exact) mass is 392 g/mol. The van der Waals surface area contributed by atoms with Gasteiger partial charge >= 0.3 is 141 Å². The van der Waals surface area contributed by atoms with Gasteiger partial charge in [0.1, 0.15) is 0 Å². The molecule has 122 valence electrons. The van der Waals surface area contributed by atoms with E-state index in [9.17, 15) is 0 Å². The normalized spacial score (nSPS) is 21.3. The van der Waals surface area contributed by atoms with Crippen LogP contribution < -0.4 is 9.41 Å². The Bertz CT molecular complexity index is 708. The Morgan fingerprint density at radius 1 is 0.913 bits per heavy atom. The number of hydrogen-bond donors (Lipinski definition) is 0. The van der Waals surface area contributed by atoms with E-state index in [1.807, 2.05) is 0 Å². The van der Waals surface area contributed by atoms with Crippen LogP contribution in [0.1, 0.15) is 56.3 Å². The Balaban J connectivity index is 0.00000132. The van der Waals surface area contributed by atoms with Gasteiger partial charge in [0, 0.05) is 0 Å². The minimum atomic E-state index is -0.673. The third-order valence-electron chi connectivity index (χ3n) is 5.50. The summed E-state index contributed by atoms with van der Waals surface area (Å²) < 4.78 is 2.53. The van der Waals surface area contributed by atoms with Gasteiger partial charge in [0.2, 0.25) is 0 Å². The molecule has 0 fully saturated rings. The van der Waals surface area contributed by atoms with E-state index < -0.39 is 23.2 Å². The smallest absolute Gasteiger partial charge is 1.00 e. The fraction of sp³-hybridized carbons (Fsp3) is 0.400. The minimum Gasteiger partial charge on any atom is -1.00 e. The molecule has 0 heterocycles. The molecule has 0 saturated heterocycles. The largest absolute Gasteiger partial charge is 1.00 e. The van der Waals surface area contributed by atoms with Crippen LogP contribution in [0.15, 0.2) is 49.8 Å². The van der Waals surface area contributed by atoms with Gasteiger partial charge in [-0.1, -0.05) is 0 Å². The molecular formula is C20H24F2Zr. The zero-order chi connectivity index (χ0) is 15.4. The summed E-state index contributed by atoms with van der Waals surface area (Å²) in [6.07, 6.45) is 2.41. The van der Waals surface area contributed by atoms with Gasteiger partial charge in [-0.05, 0) is 0 Å². The molecule has 0 amide bonds. The maximum Gasteiger partial charge on any atom is -1.00 e. The van der Waals surface area contributed by atoms with Crippen LogP contribution in [0.4, 0.5) is 0 Å². The van der Waals surface area contributed by atoms with E-state index in [4.69, 9.17) is 0 Å². The predicted octanol–water partition coefficient (Wildman–Crippen LogP) is -0.115. The number of fused-ring (bicyclic) bond motifs is 1. The van der Waals surface area contributed by atoms with Crippen LogP contribution in [-0.4, -0.2) is 0 Å². The average Bonchev–Trinajstić information content (AvgIpc) is 2.83. The van der Waals surface area contributed by atoms with Crippen molar-refractivity contribution in [2.75, 3.05) is 0 Å². The van der Waals surface area contributed by atoms with Crippen LogP contribution >= 0.6 is 0 Å². The molecule has 0 radical (unpaired) electrons. The molecule has 23 heavy (non-hydrogen) atoms. The molecule has 1 aromatic rings. The first-order valence-electron chi connectivity index (χ1n) is 7.77. The maximum absolute atomic E-state index is 2.43. The van der Waals surface area contributed by atoms with Crippen molar-refractivity contribution < 1.29 is 32.6 Å². The summed E-state index contributed by atoms with van der Waals surface area (Å²) in [4.78, 5) is 0. The molecular weight excluding hydrogens is 369 g/mol. The number of benzene rings is 1. The van der Waals surface area contributed by atoms with Crippen LogP contribution in [0.2, 0.25) is 0 Å². The zero-order valence-electron chi connectivity index (χ0n) is 14.7. The quantitative estimate of drug-likeness (QED) is 0.658. The van der Waals surface area contributed by atoms with Crippen molar-refractivity contribution in [3.8, 4) is 0 Å². The topological polar surface area (TPSA) is 0 Å². The van der Waals surface area contributed by atoms with Crippen LogP contribution in [-0.2, 0) is 23.2 Å². The summed E-state index contributed by atoms with van der Waals surface area (Å²) in [7, 11) is 0. The van der Waals surface area contributed by atoms with Gasteiger partial charge in [-0.25, -0.2) is 0 Å². The van der Waals surface area contributed by atoms with Crippen LogP contribution in [0.5, 0.6) is 0 Å². The van der Waals surface area contributed by atoms with E-state index in [0.29, 0.717) is 0 Å². The van der Waals surface area contributed by atoms with Crippen molar-refractivity contribution in [3.05, 3.63) is 61.0 Å². The van der Waals surface area contributed by atoms with Crippen molar-refractivity contribution in [2.45, 2.75) is 45.2 Å². The van der Waals surface area contributed by atoms with Crippen LogP contribution in [0.25, 0.3) is 6.08 Å². The standard InChI is InChI=1S/C10H9.C10H15.2FH.Zr/c1-8-6-9-4-2-3-5-10(9)7-8;1-7-6-10(4,5)9(3)8(7)2;;;/h2-7H,1H3;1-5H3;2*1H;/q;;;;+2/p-2. The van der Waals surface area contributed by atoms with E-state index >= 15 is 0 Å². The second-order valence-electron chi connectivity index (χ2n) is 6.97. The first kappa shape index (κ1) is 20.2. The van der Waals surface area contributed by atoms with Gasteiger partial charge in [0.05, 0.1) is 0 Å². The van der Waals surface area contributed by atoms with Crippen molar-refractivity contribution in [2.24, 2.45) is 5.41 Å². The van der Waals surface area contributed by atoms with Crippen LogP contribution in [0.3, 0.4) is 0 Å². The number of allylic oxidation sites excluding steroid dienone is 5. The fourth-order valence-electron chi connectivity index (χ4n) is 3.70. The summed E-state index contributed by atoms with van der Waals surface area (Å²) in [5, 5.41) is 0. The van der Waals surface area contributed by atoms with Gasteiger partial charge in [0.25, 0.3) is 0 Å². The molecule has 0 nitrogen and oxygen atoms in total. The Hall–Kier alpha value is -0.817. The van der Waals surface area contributed by atoms with E-state index in [1.54, 1.807) is 31.1 Å². The average molecular weight is 394 g/mol. The molecule has 2 aliphatic carbocycles. The zero-order valence-corrected chi connectivity index (χ0v) is 17.2. The summed E-state index contributed by atoms with van der Waals surface area (Å²) in [6, 6.07) is 8.98. The van der Waals surface area contributed by atoms with E-state index in [0.717, 1.165) is 3.63 Å². The third-order valence-corrected chi connectivity index (χ3v) is 11.3. The molecule has 0 bridgehead atoms. The number of halogens is 2. The summed E-state index contributed by atoms with van der Waals surface area (Å²) >= 11 is -0.673. The van der Waals surface area contributed by atoms with Gasteiger partial charge in [0.15, 0.2) is 0 Å². The molecule has 0 spiro atoms. The Kier molecular flexibility index (Phi) is 6.13. The van der Waals surface area contributed by atoms with Gasteiger partial charge in [-0.2, -0.15) is 0 Å². The Morgan fingerprint density at radius 2 is 1.52 bits per heavy atom. The van der Waals surface area contributed by atoms with Crippen molar-refractivity contribution in [1.29, 1.82) is 0 Å². The minimum absolute atomic E-state index is 0.